The van der Waals surface area contributed by atoms with Crippen LogP contribution in [0.25, 0.3) is 11.3 Å². The van der Waals surface area contributed by atoms with E-state index >= 15 is 0 Å². The standard InChI is InChI=1S/C29H30N6O2/c1-3-5-9-23-15-29(36)35(28(34-23)14-13-27-32-18-24(19-33-27)37-4-2)20-21-11-12-26(31-17-21)25-10-7-6-8-22(25)16-30/h6-8,10-12,15,17-19H,3-5,9,13-14,20H2,1-2H3. The van der Waals surface area contributed by atoms with Gasteiger partial charge in [-0.05, 0) is 37.5 Å². The van der Waals surface area contributed by atoms with E-state index in [-0.39, 0.29) is 5.56 Å². The van der Waals surface area contributed by atoms with E-state index < -0.39 is 0 Å². The lowest BCUT2D eigenvalue weighted by Crippen LogP contribution is -2.27. The summed E-state index contributed by atoms with van der Waals surface area (Å²) in [4.78, 5) is 31.3. The fourth-order valence-corrected chi connectivity index (χ4v) is 4.05. The highest BCUT2D eigenvalue weighted by Gasteiger charge is 2.12. The number of ether oxygens (including phenoxy) is 1. The van der Waals surface area contributed by atoms with Crippen LogP contribution in [0.4, 0.5) is 0 Å². The van der Waals surface area contributed by atoms with Gasteiger partial charge in [0.2, 0.25) is 0 Å². The van der Waals surface area contributed by atoms with E-state index in [0.717, 1.165) is 36.1 Å². The maximum Gasteiger partial charge on any atom is 0.254 e. The topological polar surface area (TPSA) is 107 Å². The predicted molar refractivity (Wildman–Crippen MR) is 141 cm³/mol. The predicted octanol–water partition coefficient (Wildman–Crippen LogP) is 4.54. The van der Waals surface area contributed by atoms with Crippen molar-refractivity contribution in [2.75, 3.05) is 6.61 Å². The molecule has 4 aromatic rings. The van der Waals surface area contributed by atoms with Gasteiger partial charge in [0.1, 0.15) is 11.6 Å². The SMILES string of the molecule is CCCCc1cc(=O)n(Cc2ccc(-c3ccccc3C#N)nc2)c(CCc2ncc(OCC)cn2)n1. The van der Waals surface area contributed by atoms with Gasteiger partial charge in [-0.1, -0.05) is 37.6 Å². The first-order valence-corrected chi connectivity index (χ1v) is 12.6. The van der Waals surface area contributed by atoms with Crippen LogP contribution in [0.2, 0.25) is 0 Å². The van der Waals surface area contributed by atoms with E-state index in [4.69, 9.17) is 9.72 Å². The normalized spacial score (nSPS) is 10.7. The van der Waals surface area contributed by atoms with Crippen molar-refractivity contribution in [3.8, 4) is 23.1 Å². The van der Waals surface area contributed by atoms with Gasteiger partial charge in [0.25, 0.3) is 5.56 Å². The molecule has 0 fully saturated rings. The Balaban J connectivity index is 1.58. The van der Waals surface area contributed by atoms with E-state index in [2.05, 4.69) is 27.9 Å². The zero-order chi connectivity index (χ0) is 26.0. The fourth-order valence-electron chi connectivity index (χ4n) is 4.05. The Kier molecular flexibility index (Phi) is 8.71. The van der Waals surface area contributed by atoms with Gasteiger partial charge < -0.3 is 4.74 Å². The maximum atomic E-state index is 13.1. The summed E-state index contributed by atoms with van der Waals surface area (Å²) in [6, 6.07) is 15.0. The number of nitriles is 1. The molecule has 4 rings (SSSR count). The third kappa shape index (κ3) is 6.64. The molecule has 0 saturated heterocycles. The smallest absolute Gasteiger partial charge is 0.254 e. The van der Waals surface area contributed by atoms with Crippen LogP contribution in [-0.2, 0) is 25.8 Å². The lowest BCUT2D eigenvalue weighted by molar-refractivity contribution is 0.337. The Morgan fingerprint density at radius 1 is 0.973 bits per heavy atom. The van der Waals surface area contributed by atoms with Crippen LogP contribution in [0.5, 0.6) is 5.75 Å². The van der Waals surface area contributed by atoms with Crippen molar-refractivity contribution in [3.63, 3.8) is 0 Å². The van der Waals surface area contributed by atoms with Crippen LogP contribution in [-0.4, -0.2) is 31.1 Å². The third-order valence-corrected chi connectivity index (χ3v) is 5.98. The van der Waals surface area contributed by atoms with E-state index in [9.17, 15) is 10.1 Å². The second kappa shape index (κ2) is 12.5. The van der Waals surface area contributed by atoms with E-state index in [1.54, 1.807) is 35.3 Å². The highest BCUT2D eigenvalue weighted by Crippen LogP contribution is 2.21. The summed E-state index contributed by atoms with van der Waals surface area (Å²) < 4.78 is 7.12. The molecule has 8 heteroatoms. The summed E-state index contributed by atoms with van der Waals surface area (Å²) >= 11 is 0. The van der Waals surface area contributed by atoms with Crippen LogP contribution < -0.4 is 10.3 Å². The fraction of sp³-hybridized carbons (Fsp3) is 0.310. The number of benzene rings is 1. The molecule has 1 aromatic carbocycles. The maximum absolute atomic E-state index is 13.1. The van der Waals surface area contributed by atoms with Crippen LogP contribution >= 0.6 is 0 Å². The Bertz CT molecular complexity index is 1420. The summed E-state index contributed by atoms with van der Waals surface area (Å²) in [7, 11) is 0. The Morgan fingerprint density at radius 3 is 2.49 bits per heavy atom. The van der Waals surface area contributed by atoms with Crippen molar-refractivity contribution in [1.29, 1.82) is 5.26 Å². The molecular weight excluding hydrogens is 464 g/mol. The molecule has 188 valence electrons. The number of rotatable bonds is 11. The first-order valence-electron chi connectivity index (χ1n) is 12.6. The first kappa shape index (κ1) is 25.7. The average molecular weight is 495 g/mol. The monoisotopic (exact) mass is 494 g/mol. The molecule has 0 atom stereocenters. The molecule has 0 radical (unpaired) electrons. The largest absolute Gasteiger partial charge is 0.491 e. The zero-order valence-corrected chi connectivity index (χ0v) is 21.2. The van der Waals surface area contributed by atoms with Gasteiger partial charge in [-0.3, -0.25) is 14.3 Å². The number of aromatic nitrogens is 5. The molecule has 0 unspecified atom stereocenters. The summed E-state index contributed by atoms with van der Waals surface area (Å²) in [6.07, 6.45) is 8.96. The lowest BCUT2D eigenvalue weighted by atomic mass is 10.0. The highest BCUT2D eigenvalue weighted by atomic mass is 16.5. The number of aryl methyl sites for hydroxylation is 3. The second-order valence-corrected chi connectivity index (χ2v) is 8.67. The second-order valence-electron chi connectivity index (χ2n) is 8.67. The van der Waals surface area contributed by atoms with Crippen molar-refractivity contribution in [1.82, 2.24) is 24.5 Å². The molecule has 0 aliphatic rings. The van der Waals surface area contributed by atoms with Gasteiger partial charge in [0, 0.05) is 36.4 Å². The highest BCUT2D eigenvalue weighted by molar-refractivity contribution is 5.67. The van der Waals surface area contributed by atoms with Crippen molar-refractivity contribution in [2.45, 2.75) is 52.5 Å². The van der Waals surface area contributed by atoms with Crippen molar-refractivity contribution >= 4 is 0 Å². The first-order chi connectivity index (χ1) is 18.1. The minimum atomic E-state index is -0.0809. The summed E-state index contributed by atoms with van der Waals surface area (Å²) in [6.45, 7) is 4.95. The molecule has 0 N–H and O–H groups in total. The number of nitrogens with zero attached hydrogens (tertiary/aromatic N) is 6. The molecule has 0 bridgehead atoms. The molecule has 3 aromatic heterocycles. The number of pyridine rings is 1. The quantitative estimate of drug-likeness (QED) is 0.301. The van der Waals surface area contributed by atoms with E-state index in [0.29, 0.717) is 54.6 Å². The Morgan fingerprint density at radius 2 is 1.78 bits per heavy atom. The molecule has 0 saturated carbocycles. The van der Waals surface area contributed by atoms with E-state index in [1.807, 2.05) is 37.3 Å². The summed E-state index contributed by atoms with van der Waals surface area (Å²) in [5.74, 6) is 2.01. The van der Waals surface area contributed by atoms with Gasteiger partial charge in [0.05, 0.1) is 42.9 Å². The van der Waals surface area contributed by atoms with Gasteiger partial charge in [-0.2, -0.15) is 5.26 Å². The van der Waals surface area contributed by atoms with Gasteiger partial charge >= 0.3 is 0 Å². The Hall–Kier alpha value is -4.38. The third-order valence-electron chi connectivity index (χ3n) is 5.98. The molecule has 0 spiro atoms. The average Bonchev–Trinajstić information content (AvgIpc) is 2.93. The molecule has 8 nitrogen and oxygen atoms in total. The van der Waals surface area contributed by atoms with Crippen LogP contribution in [0.1, 0.15) is 55.2 Å². The van der Waals surface area contributed by atoms with Gasteiger partial charge in [-0.15, -0.1) is 0 Å². The van der Waals surface area contributed by atoms with Gasteiger partial charge in [0.15, 0.2) is 5.75 Å². The summed E-state index contributed by atoms with van der Waals surface area (Å²) in [5.41, 5.74) is 3.68. The van der Waals surface area contributed by atoms with Gasteiger partial charge in [-0.25, -0.2) is 15.0 Å². The minimum absolute atomic E-state index is 0.0809. The van der Waals surface area contributed by atoms with Crippen molar-refractivity contribution < 1.29 is 4.74 Å². The molecule has 3 heterocycles. The number of unbranched alkanes of at least 4 members (excludes halogenated alkanes) is 1. The molecule has 0 amide bonds. The molecule has 0 aliphatic heterocycles. The zero-order valence-electron chi connectivity index (χ0n) is 21.2. The van der Waals surface area contributed by atoms with Crippen LogP contribution in [0.3, 0.4) is 0 Å². The summed E-state index contributed by atoms with van der Waals surface area (Å²) in [5, 5.41) is 9.40. The van der Waals surface area contributed by atoms with Crippen molar-refractivity contribution in [2.24, 2.45) is 0 Å². The van der Waals surface area contributed by atoms with E-state index in [1.165, 1.54) is 0 Å². The van der Waals surface area contributed by atoms with Crippen LogP contribution in [0.15, 0.2) is 65.8 Å². The van der Waals surface area contributed by atoms with Crippen LogP contribution in [0, 0.1) is 11.3 Å². The Labute approximate surface area is 216 Å². The number of hydrogen-bond donors (Lipinski definition) is 0. The minimum Gasteiger partial charge on any atom is -0.491 e. The number of hydrogen-bond acceptors (Lipinski definition) is 7. The molecular formula is C29H30N6O2. The van der Waals surface area contributed by atoms with Crippen molar-refractivity contribution in [3.05, 3.63) is 99.9 Å². The lowest BCUT2D eigenvalue weighted by Gasteiger charge is -2.14. The molecule has 0 aliphatic carbocycles. The molecule has 37 heavy (non-hydrogen) atoms.